The Hall–Kier alpha value is -2.04. The first-order valence-corrected chi connectivity index (χ1v) is 6.78. The smallest absolute Gasteiger partial charge is 0.323 e. The van der Waals surface area contributed by atoms with Crippen LogP contribution < -0.4 is 9.80 Å². The fourth-order valence-electron chi connectivity index (χ4n) is 2.61. The molecule has 2 rings (SSSR count). The first kappa shape index (κ1) is 14.4. The van der Waals surface area contributed by atoms with Crippen LogP contribution in [0.2, 0.25) is 0 Å². The first-order valence-electron chi connectivity index (χ1n) is 6.78. The monoisotopic (exact) mass is 276 g/mol. The van der Waals surface area contributed by atoms with Crippen LogP contribution in [-0.4, -0.2) is 37.1 Å². The third kappa shape index (κ3) is 2.61. The lowest BCUT2D eigenvalue weighted by molar-refractivity contribution is -0.135. The molecule has 1 amide bonds. The zero-order chi connectivity index (χ0) is 14.9. The molecule has 1 aliphatic heterocycles. The lowest BCUT2D eigenvalue weighted by Crippen LogP contribution is -2.30. The van der Waals surface area contributed by atoms with Gasteiger partial charge in [-0.1, -0.05) is 26.0 Å². The molecule has 0 aromatic heterocycles. The van der Waals surface area contributed by atoms with Gasteiger partial charge in [-0.15, -0.1) is 0 Å². The minimum atomic E-state index is -0.886. The zero-order valence-corrected chi connectivity index (χ0v) is 12.1. The van der Waals surface area contributed by atoms with Crippen molar-refractivity contribution in [3.05, 3.63) is 23.8 Å². The summed E-state index contributed by atoms with van der Waals surface area (Å²) in [7, 11) is 1.76. The molecule has 0 spiro atoms. The first-order chi connectivity index (χ1) is 9.41. The Labute approximate surface area is 118 Å². The lowest BCUT2D eigenvalue weighted by atomic mass is 9.99. The van der Waals surface area contributed by atoms with E-state index in [2.05, 4.69) is 13.8 Å². The molecule has 0 saturated carbocycles. The summed E-state index contributed by atoms with van der Waals surface area (Å²) >= 11 is 0. The summed E-state index contributed by atoms with van der Waals surface area (Å²) in [5.41, 5.74) is 2.73. The normalized spacial score (nSPS) is 15.3. The maximum Gasteiger partial charge on any atom is 0.323 e. The predicted molar refractivity (Wildman–Crippen MR) is 78.4 cm³/mol. The van der Waals surface area contributed by atoms with Crippen molar-refractivity contribution in [3.8, 4) is 0 Å². The van der Waals surface area contributed by atoms with Gasteiger partial charge in [-0.25, -0.2) is 0 Å². The second-order valence-corrected chi connectivity index (χ2v) is 5.39. The van der Waals surface area contributed by atoms with E-state index in [1.807, 2.05) is 18.2 Å². The van der Waals surface area contributed by atoms with E-state index < -0.39 is 5.97 Å². The van der Waals surface area contributed by atoms with Crippen molar-refractivity contribution in [3.63, 3.8) is 0 Å². The standard InChI is InChI=1S/C15H20N2O3/c1-10(2)11-5-4-6-12-15(11)16(3)13(18)7-8-17(12)9-14(19)20/h4-6,10H,7-9H2,1-3H3,(H,19,20). The van der Waals surface area contributed by atoms with Gasteiger partial charge in [0, 0.05) is 20.0 Å². The molecule has 0 radical (unpaired) electrons. The Bertz CT molecular complexity index is 540. The molecule has 1 heterocycles. The number of carboxylic acid groups (broad SMARTS) is 1. The largest absolute Gasteiger partial charge is 0.480 e. The van der Waals surface area contributed by atoms with Gasteiger partial charge in [-0.3, -0.25) is 9.59 Å². The summed E-state index contributed by atoms with van der Waals surface area (Å²) in [5.74, 6) is -0.597. The van der Waals surface area contributed by atoms with Crippen molar-refractivity contribution in [2.75, 3.05) is 29.9 Å². The topological polar surface area (TPSA) is 60.9 Å². The minimum Gasteiger partial charge on any atom is -0.480 e. The Morgan fingerprint density at radius 3 is 2.70 bits per heavy atom. The van der Waals surface area contributed by atoms with E-state index in [1.54, 1.807) is 16.8 Å². The molecule has 1 aromatic rings. The van der Waals surface area contributed by atoms with E-state index in [0.717, 1.165) is 16.9 Å². The number of benzene rings is 1. The van der Waals surface area contributed by atoms with E-state index in [4.69, 9.17) is 5.11 Å². The number of amides is 1. The molecular formula is C15H20N2O3. The summed E-state index contributed by atoms with van der Waals surface area (Å²) in [6.07, 6.45) is 0.329. The number of carboxylic acids is 1. The van der Waals surface area contributed by atoms with Crippen LogP contribution in [-0.2, 0) is 9.59 Å². The lowest BCUT2D eigenvalue weighted by Gasteiger charge is -2.27. The van der Waals surface area contributed by atoms with Crippen LogP contribution >= 0.6 is 0 Å². The molecule has 0 atom stereocenters. The van der Waals surface area contributed by atoms with Gasteiger partial charge < -0.3 is 14.9 Å². The van der Waals surface area contributed by atoms with Crippen LogP contribution in [0.4, 0.5) is 11.4 Å². The fourth-order valence-corrected chi connectivity index (χ4v) is 2.61. The third-order valence-electron chi connectivity index (χ3n) is 3.64. The van der Waals surface area contributed by atoms with E-state index in [-0.39, 0.29) is 18.4 Å². The van der Waals surface area contributed by atoms with Gasteiger partial charge in [-0.2, -0.15) is 0 Å². The van der Waals surface area contributed by atoms with E-state index in [1.165, 1.54) is 0 Å². The van der Waals surface area contributed by atoms with Gasteiger partial charge in [-0.05, 0) is 17.5 Å². The van der Waals surface area contributed by atoms with Crippen LogP contribution in [0.5, 0.6) is 0 Å². The van der Waals surface area contributed by atoms with Gasteiger partial charge in [0.2, 0.25) is 5.91 Å². The molecular weight excluding hydrogens is 256 g/mol. The summed E-state index contributed by atoms with van der Waals surface area (Å²) in [6, 6.07) is 5.81. The maximum absolute atomic E-state index is 12.1. The average Bonchev–Trinajstić information content (AvgIpc) is 2.50. The number of rotatable bonds is 3. The fraction of sp³-hybridized carbons (Fsp3) is 0.467. The molecule has 0 saturated heterocycles. The third-order valence-corrected chi connectivity index (χ3v) is 3.64. The molecule has 20 heavy (non-hydrogen) atoms. The number of anilines is 2. The zero-order valence-electron chi connectivity index (χ0n) is 12.1. The average molecular weight is 276 g/mol. The molecule has 0 fully saturated rings. The van der Waals surface area contributed by atoms with Gasteiger partial charge in [0.05, 0.1) is 11.4 Å². The van der Waals surface area contributed by atoms with Crippen LogP contribution in [0.15, 0.2) is 18.2 Å². The van der Waals surface area contributed by atoms with Gasteiger partial charge >= 0.3 is 5.97 Å². The summed E-state index contributed by atoms with van der Waals surface area (Å²) < 4.78 is 0. The molecule has 5 heteroatoms. The summed E-state index contributed by atoms with van der Waals surface area (Å²) in [5, 5.41) is 9.05. The minimum absolute atomic E-state index is 0.0206. The SMILES string of the molecule is CC(C)c1cccc2c1N(C)C(=O)CCN2CC(=O)O. The van der Waals surface area contributed by atoms with E-state index in [9.17, 15) is 9.59 Å². The molecule has 1 aromatic carbocycles. The van der Waals surface area contributed by atoms with Crippen LogP contribution in [0.25, 0.3) is 0 Å². The van der Waals surface area contributed by atoms with Crippen molar-refractivity contribution in [1.82, 2.24) is 0 Å². The van der Waals surface area contributed by atoms with Crippen LogP contribution in [0.1, 0.15) is 31.7 Å². The van der Waals surface area contributed by atoms with Crippen molar-refractivity contribution in [2.45, 2.75) is 26.2 Å². The number of aliphatic carboxylic acids is 1. The molecule has 5 nitrogen and oxygen atoms in total. The maximum atomic E-state index is 12.1. The van der Waals surface area contributed by atoms with E-state index >= 15 is 0 Å². The van der Waals surface area contributed by atoms with E-state index in [0.29, 0.717) is 13.0 Å². The van der Waals surface area contributed by atoms with Crippen molar-refractivity contribution < 1.29 is 14.7 Å². The quantitative estimate of drug-likeness (QED) is 0.918. The number of carbonyl (C=O) groups excluding carboxylic acids is 1. The Morgan fingerprint density at radius 1 is 1.40 bits per heavy atom. The van der Waals surface area contributed by atoms with Crippen molar-refractivity contribution >= 4 is 23.3 Å². The predicted octanol–water partition coefficient (Wildman–Crippen LogP) is 2.07. The molecule has 1 aliphatic rings. The van der Waals surface area contributed by atoms with Gasteiger partial charge in [0.15, 0.2) is 0 Å². The molecule has 108 valence electrons. The number of hydrogen-bond acceptors (Lipinski definition) is 3. The summed E-state index contributed by atoms with van der Waals surface area (Å²) in [6.45, 7) is 4.49. The molecule has 0 aliphatic carbocycles. The highest BCUT2D eigenvalue weighted by Crippen LogP contribution is 2.38. The number of para-hydroxylation sites is 1. The van der Waals surface area contributed by atoms with Gasteiger partial charge in [0.1, 0.15) is 6.54 Å². The highest BCUT2D eigenvalue weighted by atomic mass is 16.4. The molecule has 1 N–H and O–H groups in total. The Kier molecular flexibility index (Phi) is 3.97. The molecule has 0 unspecified atom stereocenters. The summed E-state index contributed by atoms with van der Waals surface area (Å²) in [4.78, 5) is 26.6. The Morgan fingerprint density at radius 2 is 2.10 bits per heavy atom. The number of nitrogens with zero attached hydrogens (tertiary/aromatic N) is 2. The van der Waals surface area contributed by atoms with Crippen LogP contribution in [0, 0.1) is 0 Å². The second kappa shape index (κ2) is 5.53. The highest BCUT2D eigenvalue weighted by Gasteiger charge is 2.27. The van der Waals surface area contributed by atoms with Crippen molar-refractivity contribution in [2.24, 2.45) is 0 Å². The second-order valence-electron chi connectivity index (χ2n) is 5.39. The van der Waals surface area contributed by atoms with Gasteiger partial charge in [0.25, 0.3) is 0 Å². The number of carbonyl (C=O) groups is 2. The molecule has 0 bridgehead atoms. The number of hydrogen-bond donors (Lipinski definition) is 1. The Balaban J connectivity index is 2.57. The highest BCUT2D eigenvalue weighted by molar-refractivity contribution is 5.99. The van der Waals surface area contributed by atoms with Crippen molar-refractivity contribution in [1.29, 1.82) is 0 Å². The van der Waals surface area contributed by atoms with Crippen LogP contribution in [0.3, 0.4) is 0 Å². The number of fused-ring (bicyclic) bond motifs is 1.